The zero-order valence-corrected chi connectivity index (χ0v) is 26.4. The van der Waals surface area contributed by atoms with Crippen LogP contribution < -0.4 is 19.5 Å². The minimum atomic E-state index is -3.68. The van der Waals surface area contributed by atoms with Crippen molar-refractivity contribution >= 4 is 53.9 Å². The average Bonchev–Trinajstić information content (AvgIpc) is 2.89. The second kappa shape index (κ2) is 12.7. The summed E-state index contributed by atoms with van der Waals surface area (Å²) in [6.07, 6.45) is 1.27. The first-order valence-corrected chi connectivity index (χ1v) is 16.6. The summed E-state index contributed by atoms with van der Waals surface area (Å²) < 4.78 is 62.9. The van der Waals surface area contributed by atoms with Crippen molar-refractivity contribution in [1.29, 1.82) is 0 Å². The van der Waals surface area contributed by atoms with E-state index in [9.17, 15) is 26.4 Å². The summed E-state index contributed by atoms with van der Waals surface area (Å²) >= 11 is 0. The van der Waals surface area contributed by atoms with Crippen molar-refractivity contribution in [3.63, 3.8) is 0 Å². The number of ketones is 1. The maximum absolute atomic E-state index is 13.4. The lowest BCUT2D eigenvalue weighted by Crippen LogP contribution is -2.26. The Morgan fingerprint density at radius 2 is 1.55 bits per heavy atom. The number of hydrogen-bond acceptors (Lipinski definition) is 8. The second-order valence-corrected chi connectivity index (χ2v) is 15.0. The predicted molar refractivity (Wildman–Crippen MR) is 165 cm³/mol. The van der Waals surface area contributed by atoms with Gasteiger partial charge in [0.25, 0.3) is 11.7 Å². The van der Waals surface area contributed by atoms with Gasteiger partial charge in [-0.2, -0.15) is 0 Å². The zero-order chi connectivity index (χ0) is 31.5. The summed E-state index contributed by atoms with van der Waals surface area (Å²) in [5.74, 6) is -1.34. The zero-order valence-electron chi connectivity index (χ0n) is 24.8. The Morgan fingerprint density at radius 3 is 2.12 bits per heavy atom. The summed E-state index contributed by atoms with van der Waals surface area (Å²) in [5, 5.41) is 3.66. The third-order valence-electron chi connectivity index (χ3n) is 6.40. The molecule has 3 rings (SSSR count). The SMILES string of the molecule is COc1c(NC(=O)C(=O)c2ccc(OCCCS(=O)(=O)N(C)C)c3ccccc23)cc(C(C)(C)C)cc1NS(C)(=O)=O. The van der Waals surface area contributed by atoms with Gasteiger partial charge in [0.1, 0.15) is 5.75 Å². The second-order valence-electron chi connectivity index (χ2n) is 11.0. The number of anilines is 2. The molecule has 0 aliphatic rings. The van der Waals surface area contributed by atoms with Crippen LogP contribution in [-0.4, -0.2) is 72.7 Å². The van der Waals surface area contributed by atoms with E-state index in [2.05, 4.69) is 10.0 Å². The largest absolute Gasteiger partial charge is 0.493 e. The first kappa shape index (κ1) is 32.8. The molecule has 42 heavy (non-hydrogen) atoms. The molecule has 0 atom stereocenters. The van der Waals surface area contributed by atoms with Crippen LogP contribution in [0.2, 0.25) is 0 Å². The van der Waals surface area contributed by atoms with Crippen LogP contribution in [0.3, 0.4) is 0 Å². The minimum Gasteiger partial charge on any atom is -0.493 e. The molecule has 0 radical (unpaired) electrons. The van der Waals surface area contributed by atoms with Crippen molar-refractivity contribution in [3.8, 4) is 11.5 Å². The maximum atomic E-state index is 13.4. The van der Waals surface area contributed by atoms with Crippen LogP contribution >= 0.6 is 0 Å². The van der Waals surface area contributed by atoms with Gasteiger partial charge in [0.2, 0.25) is 20.0 Å². The van der Waals surface area contributed by atoms with E-state index >= 15 is 0 Å². The van der Waals surface area contributed by atoms with Gasteiger partial charge in [-0.25, -0.2) is 21.1 Å². The van der Waals surface area contributed by atoms with Gasteiger partial charge in [-0.3, -0.25) is 14.3 Å². The van der Waals surface area contributed by atoms with Crippen molar-refractivity contribution < 1.29 is 35.9 Å². The predicted octanol–water partition coefficient (Wildman–Crippen LogP) is 4.00. The molecule has 0 bridgehead atoms. The van der Waals surface area contributed by atoms with Crippen molar-refractivity contribution in [2.24, 2.45) is 0 Å². The lowest BCUT2D eigenvalue weighted by atomic mass is 9.86. The summed E-state index contributed by atoms with van der Waals surface area (Å²) in [7, 11) is -2.76. The van der Waals surface area contributed by atoms with E-state index in [-0.39, 0.29) is 41.5 Å². The molecule has 0 unspecified atom stereocenters. The molecule has 13 heteroatoms. The van der Waals surface area contributed by atoms with Crippen LogP contribution in [0.15, 0.2) is 48.5 Å². The maximum Gasteiger partial charge on any atom is 0.296 e. The first-order valence-electron chi connectivity index (χ1n) is 13.1. The van der Waals surface area contributed by atoms with Gasteiger partial charge in [0, 0.05) is 25.0 Å². The van der Waals surface area contributed by atoms with Crippen LogP contribution in [0.25, 0.3) is 10.8 Å². The summed E-state index contributed by atoms with van der Waals surface area (Å²) in [4.78, 5) is 26.7. The molecule has 2 N–H and O–H groups in total. The van der Waals surface area contributed by atoms with Gasteiger partial charge in [0.15, 0.2) is 5.75 Å². The van der Waals surface area contributed by atoms with Crippen LogP contribution in [0.4, 0.5) is 11.4 Å². The van der Waals surface area contributed by atoms with Gasteiger partial charge in [0.05, 0.1) is 37.1 Å². The lowest BCUT2D eigenvalue weighted by Gasteiger charge is -2.23. The number of rotatable bonds is 12. The van der Waals surface area contributed by atoms with E-state index < -0.39 is 37.2 Å². The molecule has 0 fully saturated rings. The molecule has 0 aliphatic heterocycles. The van der Waals surface area contributed by atoms with Crippen LogP contribution in [0, 0.1) is 0 Å². The quantitative estimate of drug-likeness (QED) is 0.176. The van der Waals surface area contributed by atoms with Crippen LogP contribution in [-0.2, 0) is 30.3 Å². The summed E-state index contributed by atoms with van der Waals surface area (Å²) in [5.41, 5.74) is 0.660. The Balaban J connectivity index is 1.92. The molecule has 3 aromatic rings. The molecule has 3 aromatic carbocycles. The monoisotopic (exact) mass is 619 g/mol. The highest BCUT2D eigenvalue weighted by atomic mass is 32.2. The minimum absolute atomic E-state index is 0.0551. The molecular formula is C29H37N3O8S2. The van der Waals surface area contributed by atoms with Crippen molar-refractivity contribution in [2.45, 2.75) is 32.6 Å². The first-order chi connectivity index (χ1) is 19.4. The topological polar surface area (TPSA) is 148 Å². The molecule has 0 saturated heterocycles. The third kappa shape index (κ3) is 7.99. The average molecular weight is 620 g/mol. The van der Waals surface area contributed by atoms with Crippen molar-refractivity contribution in [3.05, 3.63) is 59.7 Å². The number of Topliss-reactive ketones (excluding diaryl/α,β-unsaturated/α-hetero) is 1. The number of carbonyl (C=O) groups is 2. The molecule has 228 valence electrons. The Labute approximate surface area is 247 Å². The van der Waals surface area contributed by atoms with Crippen molar-refractivity contribution in [2.75, 3.05) is 49.9 Å². The van der Waals surface area contributed by atoms with E-state index in [0.29, 0.717) is 22.1 Å². The molecule has 0 saturated carbocycles. The normalized spacial score (nSPS) is 12.3. The highest BCUT2D eigenvalue weighted by molar-refractivity contribution is 7.92. The fraction of sp³-hybridized carbons (Fsp3) is 0.379. The van der Waals surface area contributed by atoms with Gasteiger partial charge < -0.3 is 14.8 Å². The molecule has 0 spiro atoms. The fourth-order valence-corrected chi connectivity index (χ4v) is 5.55. The number of nitrogens with zero attached hydrogens (tertiary/aromatic N) is 1. The summed E-state index contributed by atoms with van der Waals surface area (Å²) in [6.45, 7) is 5.91. The van der Waals surface area contributed by atoms with E-state index in [1.807, 2.05) is 20.8 Å². The number of methoxy groups -OCH3 is 1. The Kier molecular flexibility index (Phi) is 9.91. The molecule has 0 heterocycles. The molecule has 0 aromatic heterocycles. The van der Waals surface area contributed by atoms with E-state index in [4.69, 9.17) is 9.47 Å². The molecule has 1 amide bonds. The Bertz CT molecular complexity index is 1710. The van der Waals surface area contributed by atoms with Gasteiger partial charge >= 0.3 is 0 Å². The number of hydrogen-bond donors (Lipinski definition) is 2. The van der Waals surface area contributed by atoms with Crippen LogP contribution in [0.5, 0.6) is 11.5 Å². The number of carbonyl (C=O) groups excluding carboxylic acids is 2. The lowest BCUT2D eigenvalue weighted by molar-refractivity contribution is -0.112. The van der Waals surface area contributed by atoms with Gasteiger partial charge in [-0.1, -0.05) is 45.0 Å². The van der Waals surface area contributed by atoms with E-state index in [1.165, 1.54) is 27.3 Å². The number of amides is 1. The Hall–Kier alpha value is -3.68. The smallest absolute Gasteiger partial charge is 0.296 e. The van der Waals surface area contributed by atoms with E-state index in [1.54, 1.807) is 42.5 Å². The van der Waals surface area contributed by atoms with Crippen LogP contribution in [0.1, 0.15) is 43.1 Å². The number of fused-ring (bicyclic) bond motifs is 1. The van der Waals surface area contributed by atoms with Gasteiger partial charge in [-0.15, -0.1) is 0 Å². The number of nitrogens with one attached hydrogen (secondary N) is 2. The van der Waals surface area contributed by atoms with E-state index in [0.717, 1.165) is 10.6 Å². The highest BCUT2D eigenvalue weighted by Gasteiger charge is 2.25. The molecule has 11 nitrogen and oxygen atoms in total. The standard InChI is InChI=1S/C29H37N3O8S2/c1-29(2,3)19-17-23(27(39-6)24(18-19)31-41(7,35)36)30-28(34)26(33)22-13-14-25(21-12-9-8-11-20(21)22)40-15-10-16-42(37,38)32(4)5/h8-9,11-14,17-18,31H,10,15-16H2,1-7H3,(H,30,34). The number of ether oxygens (including phenoxy) is 2. The number of benzene rings is 3. The fourth-order valence-electron chi connectivity index (χ4n) is 4.15. The molecule has 0 aliphatic carbocycles. The number of sulfonamides is 2. The highest BCUT2D eigenvalue weighted by Crippen LogP contribution is 2.39. The Morgan fingerprint density at radius 1 is 0.929 bits per heavy atom. The van der Waals surface area contributed by atoms with Gasteiger partial charge in [-0.05, 0) is 47.1 Å². The summed E-state index contributed by atoms with van der Waals surface area (Å²) in [6, 6.07) is 13.2. The third-order valence-corrected chi connectivity index (χ3v) is 8.91. The van der Waals surface area contributed by atoms with Crippen molar-refractivity contribution in [1.82, 2.24) is 4.31 Å². The molecular weight excluding hydrogens is 582 g/mol.